The van der Waals surface area contributed by atoms with Gasteiger partial charge in [0.1, 0.15) is 6.67 Å². The van der Waals surface area contributed by atoms with E-state index in [9.17, 15) is 0 Å². The number of aliphatic imine (C=N–C) groups is 1. The summed E-state index contributed by atoms with van der Waals surface area (Å²) >= 11 is 0. The van der Waals surface area contributed by atoms with Gasteiger partial charge in [-0.25, -0.2) is 0 Å². The first-order chi connectivity index (χ1) is 16.4. The predicted molar refractivity (Wildman–Crippen MR) is 141 cm³/mol. The second-order valence-electron chi connectivity index (χ2n) is 8.88. The van der Waals surface area contributed by atoms with E-state index >= 15 is 0 Å². The van der Waals surface area contributed by atoms with E-state index in [1.807, 2.05) is 0 Å². The van der Waals surface area contributed by atoms with Gasteiger partial charge in [0, 0.05) is 37.7 Å². The fraction of sp³-hybridized carbons (Fsp3) is 0.0333. The monoisotopic (exact) mass is 421 g/mol. The molecule has 3 aromatic heterocycles. The maximum atomic E-state index is 4.21. The lowest BCUT2D eigenvalue weighted by Crippen LogP contribution is -1.94. The molecule has 0 spiro atoms. The van der Waals surface area contributed by atoms with Crippen LogP contribution in [0.15, 0.2) is 96.0 Å². The Morgan fingerprint density at radius 1 is 0.515 bits per heavy atom. The third kappa shape index (κ3) is 1.94. The lowest BCUT2D eigenvalue weighted by Gasteiger charge is -2.07. The summed E-state index contributed by atoms with van der Waals surface area (Å²) in [6, 6.07) is 33.2. The first kappa shape index (κ1) is 17.2. The highest BCUT2D eigenvalue weighted by atomic mass is 15.1. The molecule has 0 amide bonds. The molecular weight excluding hydrogens is 402 g/mol. The molecule has 0 N–H and O–H groups in total. The van der Waals surface area contributed by atoms with Gasteiger partial charge in [0.2, 0.25) is 0 Å². The molecule has 0 fully saturated rings. The molecule has 3 heteroatoms. The van der Waals surface area contributed by atoms with Crippen LogP contribution in [0.2, 0.25) is 0 Å². The average molecular weight is 422 g/mol. The summed E-state index contributed by atoms with van der Waals surface area (Å²) in [4.78, 5) is 4.21. The second kappa shape index (κ2) is 5.90. The van der Waals surface area contributed by atoms with Gasteiger partial charge in [0.25, 0.3) is 0 Å². The molecule has 3 heterocycles. The van der Waals surface area contributed by atoms with Crippen LogP contribution in [-0.4, -0.2) is 15.7 Å². The van der Waals surface area contributed by atoms with Crippen LogP contribution < -0.4 is 0 Å². The van der Waals surface area contributed by atoms with Gasteiger partial charge in [-0.05, 0) is 30.3 Å². The highest BCUT2D eigenvalue weighted by Gasteiger charge is 2.20. The molecule has 0 saturated heterocycles. The Labute approximate surface area is 189 Å². The van der Waals surface area contributed by atoms with Crippen molar-refractivity contribution in [2.24, 2.45) is 4.99 Å². The van der Waals surface area contributed by atoms with Crippen molar-refractivity contribution in [3.05, 3.63) is 91.0 Å². The highest BCUT2D eigenvalue weighted by molar-refractivity contribution is 6.31. The largest absolute Gasteiger partial charge is 0.320 e. The first-order valence-electron chi connectivity index (χ1n) is 11.3. The van der Waals surface area contributed by atoms with Gasteiger partial charge in [-0.2, -0.15) is 0 Å². The van der Waals surface area contributed by atoms with E-state index in [-0.39, 0.29) is 0 Å². The molecule has 0 unspecified atom stereocenters. The van der Waals surface area contributed by atoms with E-state index in [4.69, 9.17) is 0 Å². The van der Waals surface area contributed by atoms with Gasteiger partial charge in [-0.1, -0.05) is 72.8 Å². The number of hydrogen-bond acceptors (Lipinski definition) is 1. The van der Waals surface area contributed by atoms with E-state index in [1.54, 1.807) is 0 Å². The molecule has 0 saturated carbocycles. The third-order valence-electron chi connectivity index (χ3n) is 7.36. The smallest absolute Gasteiger partial charge is 0.114 e. The van der Waals surface area contributed by atoms with E-state index in [2.05, 4.69) is 112 Å². The van der Waals surface area contributed by atoms with Crippen molar-refractivity contribution < 1.29 is 0 Å². The van der Waals surface area contributed by atoms with Crippen LogP contribution in [0, 0.1) is 0 Å². The van der Waals surface area contributed by atoms with Gasteiger partial charge >= 0.3 is 0 Å². The van der Waals surface area contributed by atoms with Crippen LogP contribution in [0.4, 0.5) is 0 Å². The van der Waals surface area contributed by atoms with Gasteiger partial charge < -0.3 is 8.97 Å². The number of fused-ring (bicyclic) bond motifs is 12. The number of para-hydroxylation sites is 3. The molecule has 0 aliphatic carbocycles. The molecule has 0 aliphatic heterocycles. The normalized spacial score (nSPS) is 12.5. The summed E-state index contributed by atoms with van der Waals surface area (Å²) in [6.07, 6.45) is 0. The minimum Gasteiger partial charge on any atom is -0.320 e. The Morgan fingerprint density at radius 3 is 1.91 bits per heavy atom. The molecule has 0 bridgehead atoms. The zero-order valence-electron chi connectivity index (χ0n) is 17.9. The number of nitrogens with zero attached hydrogens (tertiary/aromatic N) is 3. The maximum Gasteiger partial charge on any atom is 0.114 e. The van der Waals surface area contributed by atoms with Gasteiger partial charge in [-0.15, -0.1) is 0 Å². The van der Waals surface area contributed by atoms with Crippen LogP contribution >= 0.6 is 0 Å². The van der Waals surface area contributed by atoms with Crippen molar-refractivity contribution in [2.75, 3.05) is 0 Å². The van der Waals surface area contributed by atoms with Crippen LogP contribution in [0.5, 0.6) is 0 Å². The Kier molecular flexibility index (Phi) is 3.08. The van der Waals surface area contributed by atoms with Crippen LogP contribution in [0.1, 0.15) is 0 Å². The van der Waals surface area contributed by atoms with Crippen molar-refractivity contribution >= 4 is 77.4 Å². The quantitative estimate of drug-likeness (QED) is 0.255. The Bertz CT molecular complexity index is 2070. The van der Waals surface area contributed by atoms with E-state index in [0.29, 0.717) is 6.67 Å². The van der Waals surface area contributed by atoms with Gasteiger partial charge in [0.05, 0.1) is 27.6 Å². The zero-order valence-corrected chi connectivity index (χ0v) is 17.9. The second-order valence-corrected chi connectivity index (χ2v) is 8.88. The fourth-order valence-corrected chi connectivity index (χ4v) is 6.12. The lowest BCUT2D eigenvalue weighted by atomic mass is 10.0. The van der Waals surface area contributed by atoms with E-state index < -0.39 is 0 Å². The minimum atomic E-state index is 0.550. The molecule has 8 rings (SSSR count). The molecule has 8 aromatic rings. The number of hydrogen-bond donors (Lipinski definition) is 0. The Hall–Kier alpha value is -4.37. The number of rotatable bonds is 2. The van der Waals surface area contributed by atoms with Crippen LogP contribution in [0.25, 0.3) is 70.7 Å². The van der Waals surface area contributed by atoms with Crippen LogP contribution in [-0.2, 0) is 6.67 Å². The fourth-order valence-electron chi connectivity index (χ4n) is 6.12. The molecule has 0 aliphatic rings. The molecule has 33 heavy (non-hydrogen) atoms. The maximum absolute atomic E-state index is 4.21. The van der Waals surface area contributed by atoms with Crippen molar-refractivity contribution in [2.45, 2.75) is 6.67 Å². The minimum absolute atomic E-state index is 0.550. The van der Waals surface area contributed by atoms with E-state index in [1.165, 1.54) is 70.7 Å². The molecule has 0 radical (unpaired) electrons. The lowest BCUT2D eigenvalue weighted by molar-refractivity contribution is 0.799. The summed E-state index contributed by atoms with van der Waals surface area (Å²) in [5.74, 6) is 0. The van der Waals surface area contributed by atoms with Crippen molar-refractivity contribution in [3.8, 4) is 0 Å². The Balaban J connectivity index is 1.68. The third-order valence-corrected chi connectivity index (χ3v) is 7.36. The molecule has 5 aromatic carbocycles. The average Bonchev–Trinajstić information content (AvgIpc) is 3.49. The summed E-state index contributed by atoms with van der Waals surface area (Å²) in [5.41, 5.74) is 6.28. The number of aromatic nitrogens is 2. The zero-order chi connectivity index (χ0) is 21.7. The van der Waals surface area contributed by atoms with Crippen molar-refractivity contribution in [1.82, 2.24) is 8.97 Å². The number of benzene rings is 5. The SMILES string of the molecule is C=NCn1c2ccccc2c2c3ccc4c5cccc6c7ccccc7n(c4c3ccc21)c65. The van der Waals surface area contributed by atoms with Crippen LogP contribution in [0.3, 0.4) is 0 Å². The first-order valence-corrected chi connectivity index (χ1v) is 11.3. The summed E-state index contributed by atoms with van der Waals surface area (Å²) < 4.78 is 4.75. The highest BCUT2D eigenvalue weighted by Crippen LogP contribution is 2.43. The van der Waals surface area contributed by atoms with Crippen molar-refractivity contribution in [3.63, 3.8) is 0 Å². The van der Waals surface area contributed by atoms with Gasteiger partial charge in [-0.3, -0.25) is 4.99 Å². The predicted octanol–water partition coefficient (Wildman–Crippen LogP) is 7.76. The topological polar surface area (TPSA) is 21.7 Å². The summed E-state index contributed by atoms with van der Waals surface area (Å²) in [6.45, 7) is 4.30. The Morgan fingerprint density at radius 2 is 1.09 bits per heavy atom. The molecule has 3 nitrogen and oxygen atoms in total. The van der Waals surface area contributed by atoms with Gasteiger partial charge in [0.15, 0.2) is 0 Å². The molecule has 154 valence electrons. The molecule has 0 atom stereocenters. The van der Waals surface area contributed by atoms with Crippen molar-refractivity contribution in [1.29, 1.82) is 0 Å². The standard InChI is InChI=1S/C30H19N3/c1-31-17-32-25-11-4-3-8-24(25)28-19-13-14-23-21-10-6-9-20-18-7-2-5-12-26(18)33(29(20)21)30(23)22(19)15-16-27(28)32/h2-16H,1,17H2. The summed E-state index contributed by atoms with van der Waals surface area (Å²) in [5, 5.41) is 10.4. The summed E-state index contributed by atoms with van der Waals surface area (Å²) in [7, 11) is 0. The van der Waals surface area contributed by atoms with E-state index in [0.717, 1.165) is 0 Å². The molecular formula is C30H19N3.